The second kappa shape index (κ2) is 6.84. The van der Waals surface area contributed by atoms with Crippen molar-refractivity contribution in [1.29, 1.82) is 0 Å². The predicted molar refractivity (Wildman–Crippen MR) is 88.4 cm³/mol. The number of aromatic nitrogens is 3. The molecule has 0 aliphatic heterocycles. The number of nitrogens with one attached hydrogen (secondary N) is 2. The first-order valence-corrected chi connectivity index (χ1v) is 7.49. The summed E-state index contributed by atoms with van der Waals surface area (Å²) in [5.74, 6) is 0.502. The van der Waals surface area contributed by atoms with Crippen molar-refractivity contribution in [3.63, 3.8) is 0 Å². The van der Waals surface area contributed by atoms with E-state index < -0.39 is 0 Å². The number of methoxy groups -OCH3 is 1. The fourth-order valence-corrected chi connectivity index (χ4v) is 2.54. The molecule has 0 saturated carbocycles. The van der Waals surface area contributed by atoms with Gasteiger partial charge in [-0.05, 0) is 24.3 Å². The summed E-state index contributed by atoms with van der Waals surface area (Å²) in [7, 11) is 1.58. The lowest BCUT2D eigenvalue weighted by molar-refractivity contribution is 0.102. The Hall–Kier alpha value is -3.00. The van der Waals surface area contributed by atoms with Crippen LogP contribution in [0.5, 0.6) is 5.75 Å². The van der Waals surface area contributed by atoms with Crippen LogP contribution in [0.1, 0.15) is 10.4 Å². The van der Waals surface area contributed by atoms with Crippen molar-refractivity contribution in [3.8, 4) is 5.75 Å². The molecule has 0 atom stereocenters. The third kappa shape index (κ3) is 3.80. The van der Waals surface area contributed by atoms with E-state index >= 15 is 0 Å². The molecular formula is C15H13N5O2S. The number of carbonyl (C=O) groups excluding carboxylic acids is 1. The lowest BCUT2D eigenvalue weighted by Gasteiger charge is -2.03. The number of amides is 1. The highest BCUT2D eigenvalue weighted by atomic mass is 32.1. The Morgan fingerprint density at radius 3 is 2.57 bits per heavy atom. The highest BCUT2D eigenvalue weighted by Crippen LogP contribution is 2.26. The number of thiazole rings is 1. The molecule has 23 heavy (non-hydrogen) atoms. The van der Waals surface area contributed by atoms with E-state index in [0.29, 0.717) is 21.4 Å². The largest absolute Gasteiger partial charge is 0.497 e. The molecule has 2 aromatic heterocycles. The number of benzene rings is 1. The average molecular weight is 327 g/mol. The van der Waals surface area contributed by atoms with Gasteiger partial charge in [0.2, 0.25) is 0 Å². The molecule has 1 aromatic carbocycles. The maximum atomic E-state index is 12.2. The number of hydrogen-bond donors (Lipinski definition) is 2. The van der Waals surface area contributed by atoms with Gasteiger partial charge in [0.25, 0.3) is 5.91 Å². The van der Waals surface area contributed by atoms with Crippen LogP contribution in [0.4, 0.5) is 15.8 Å². The van der Waals surface area contributed by atoms with Gasteiger partial charge in [0.15, 0.2) is 5.13 Å². The molecule has 7 nitrogen and oxygen atoms in total. The maximum absolute atomic E-state index is 12.2. The smallest absolute Gasteiger partial charge is 0.256 e. The molecule has 0 aliphatic rings. The number of anilines is 3. The van der Waals surface area contributed by atoms with Crippen molar-refractivity contribution in [1.82, 2.24) is 15.0 Å². The van der Waals surface area contributed by atoms with Gasteiger partial charge in [0.05, 0.1) is 31.4 Å². The van der Waals surface area contributed by atoms with Gasteiger partial charge in [0.1, 0.15) is 17.1 Å². The standard InChI is InChI=1S/C15H13N5O2S/c1-22-12-4-2-10(3-5-12)14(21)20-13-8-18-15(23-13)19-11-6-16-9-17-7-11/h2-9H,1H3,(H,18,19)(H,20,21). The zero-order chi connectivity index (χ0) is 16.1. The quantitative estimate of drug-likeness (QED) is 0.749. The number of rotatable bonds is 5. The normalized spacial score (nSPS) is 10.1. The van der Waals surface area contributed by atoms with Crippen molar-refractivity contribution in [2.45, 2.75) is 0 Å². The van der Waals surface area contributed by atoms with E-state index in [1.54, 1.807) is 50.0 Å². The number of hydrogen-bond acceptors (Lipinski definition) is 7. The van der Waals surface area contributed by atoms with E-state index in [1.807, 2.05) is 0 Å². The molecule has 3 aromatic rings. The van der Waals surface area contributed by atoms with Crippen molar-refractivity contribution in [3.05, 3.63) is 54.7 Å². The zero-order valence-electron chi connectivity index (χ0n) is 12.2. The summed E-state index contributed by atoms with van der Waals surface area (Å²) in [5, 5.41) is 7.16. The molecule has 116 valence electrons. The monoisotopic (exact) mass is 327 g/mol. The molecule has 0 unspecified atom stereocenters. The molecule has 1 amide bonds. The van der Waals surface area contributed by atoms with Crippen LogP contribution in [0.15, 0.2) is 49.2 Å². The Morgan fingerprint density at radius 1 is 1.13 bits per heavy atom. The van der Waals surface area contributed by atoms with Crippen LogP contribution in [0.25, 0.3) is 0 Å². The molecule has 0 spiro atoms. The fraction of sp³-hybridized carbons (Fsp3) is 0.0667. The van der Waals surface area contributed by atoms with Crippen LogP contribution in [-0.4, -0.2) is 28.0 Å². The van der Waals surface area contributed by atoms with Gasteiger partial charge < -0.3 is 15.4 Å². The van der Waals surface area contributed by atoms with Crippen LogP contribution in [-0.2, 0) is 0 Å². The van der Waals surface area contributed by atoms with Crippen molar-refractivity contribution in [2.75, 3.05) is 17.7 Å². The van der Waals surface area contributed by atoms with Crippen LogP contribution in [0.2, 0.25) is 0 Å². The Labute approximate surface area is 136 Å². The fourth-order valence-electron chi connectivity index (χ4n) is 1.80. The minimum absolute atomic E-state index is 0.203. The first-order chi connectivity index (χ1) is 11.2. The third-order valence-corrected chi connectivity index (χ3v) is 3.73. The van der Waals surface area contributed by atoms with Gasteiger partial charge in [-0.25, -0.2) is 15.0 Å². The molecule has 0 aliphatic carbocycles. The third-order valence-electron chi connectivity index (χ3n) is 2.91. The highest BCUT2D eigenvalue weighted by Gasteiger charge is 2.09. The Morgan fingerprint density at radius 2 is 1.87 bits per heavy atom. The summed E-state index contributed by atoms with van der Waals surface area (Å²) in [6.45, 7) is 0. The summed E-state index contributed by atoms with van der Waals surface area (Å²) in [6, 6.07) is 6.89. The summed E-state index contributed by atoms with van der Waals surface area (Å²) in [4.78, 5) is 24.2. The van der Waals surface area contributed by atoms with E-state index in [4.69, 9.17) is 4.74 Å². The Kier molecular flexibility index (Phi) is 4.44. The van der Waals surface area contributed by atoms with Gasteiger partial charge in [0, 0.05) is 5.56 Å². The average Bonchev–Trinajstić information content (AvgIpc) is 3.02. The Balaban J connectivity index is 1.65. The van der Waals surface area contributed by atoms with Gasteiger partial charge >= 0.3 is 0 Å². The summed E-state index contributed by atoms with van der Waals surface area (Å²) < 4.78 is 5.07. The SMILES string of the molecule is COc1ccc(C(=O)Nc2cnc(Nc3cncnc3)s2)cc1. The molecule has 0 saturated heterocycles. The summed E-state index contributed by atoms with van der Waals surface area (Å²) in [5.41, 5.74) is 1.28. The van der Waals surface area contributed by atoms with E-state index in [-0.39, 0.29) is 5.91 Å². The van der Waals surface area contributed by atoms with Gasteiger partial charge in [-0.3, -0.25) is 4.79 Å². The number of nitrogens with zero attached hydrogens (tertiary/aromatic N) is 3. The second-order valence-electron chi connectivity index (χ2n) is 4.46. The maximum Gasteiger partial charge on any atom is 0.256 e. The van der Waals surface area contributed by atoms with Crippen LogP contribution < -0.4 is 15.4 Å². The van der Waals surface area contributed by atoms with Gasteiger partial charge in [-0.2, -0.15) is 0 Å². The molecular weight excluding hydrogens is 314 g/mol. The minimum atomic E-state index is -0.203. The van der Waals surface area contributed by atoms with Crippen molar-refractivity contribution < 1.29 is 9.53 Å². The predicted octanol–water partition coefficient (Wildman–Crippen LogP) is 2.94. The summed E-state index contributed by atoms with van der Waals surface area (Å²) in [6.07, 6.45) is 6.33. The first-order valence-electron chi connectivity index (χ1n) is 6.68. The summed E-state index contributed by atoms with van der Waals surface area (Å²) >= 11 is 1.32. The van der Waals surface area contributed by atoms with E-state index in [0.717, 1.165) is 5.69 Å². The Bertz CT molecular complexity index is 789. The minimum Gasteiger partial charge on any atom is -0.497 e. The van der Waals surface area contributed by atoms with Crippen LogP contribution in [0.3, 0.4) is 0 Å². The van der Waals surface area contributed by atoms with Crippen molar-refractivity contribution >= 4 is 33.1 Å². The highest BCUT2D eigenvalue weighted by molar-refractivity contribution is 7.19. The molecule has 3 rings (SSSR count). The van der Waals surface area contributed by atoms with Crippen LogP contribution >= 0.6 is 11.3 Å². The van der Waals surface area contributed by atoms with E-state index in [1.165, 1.54) is 17.7 Å². The molecule has 2 N–H and O–H groups in total. The molecule has 0 fully saturated rings. The second-order valence-corrected chi connectivity index (χ2v) is 5.50. The van der Waals surface area contributed by atoms with Gasteiger partial charge in [-0.15, -0.1) is 0 Å². The lowest BCUT2D eigenvalue weighted by atomic mass is 10.2. The topological polar surface area (TPSA) is 89.0 Å². The first kappa shape index (κ1) is 14.9. The number of carbonyl (C=O) groups is 1. The van der Waals surface area contributed by atoms with E-state index in [9.17, 15) is 4.79 Å². The van der Waals surface area contributed by atoms with Crippen molar-refractivity contribution in [2.24, 2.45) is 0 Å². The molecule has 0 bridgehead atoms. The molecule has 8 heteroatoms. The van der Waals surface area contributed by atoms with Crippen LogP contribution in [0, 0.1) is 0 Å². The molecule has 2 heterocycles. The zero-order valence-corrected chi connectivity index (χ0v) is 13.0. The van der Waals surface area contributed by atoms with Gasteiger partial charge in [-0.1, -0.05) is 11.3 Å². The van der Waals surface area contributed by atoms with E-state index in [2.05, 4.69) is 25.6 Å². The molecule has 0 radical (unpaired) electrons. The number of ether oxygens (including phenoxy) is 1. The lowest BCUT2D eigenvalue weighted by Crippen LogP contribution is -2.10.